The SMILES string of the molecule is C=CCCOC(=O)[C@@H]1[C@@H]2CC(C)C3(S2)C(C(=O)N(CC=C)c2c(C)cccc2Cl)N(CCCCCO)C(=O)[C@H]13. The van der Waals surface area contributed by atoms with Gasteiger partial charge in [0.2, 0.25) is 5.91 Å². The van der Waals surface area contributed by atoms with Crippen LogP contribution in [-0.4, -0.2) is 70.1 Å². The van der Waals surface area contributed by atoms with Gasteiger partial charge in [0.1, 0.15) is 6.04 Å². The molecule has 3 unspecified atom stereocenters. The van der Waals surface area contributed by atoms with Crippen LogP contribution >= 0.6 is 23.4 Å². The van der Waals surface area contributed by atoms with Gasteiger partial charge in [-0.15, -0.1) is 24.9 Å². The number of fused-ring (bicyclic) bond motifs is 1. The standard InChI is InChI=1S/C30H39ClN2O5S/c1-5-7-17-38-29(37)23-22-18-20(4)30(39-22)24(23)27(35)33(15-9-8-10-16-34)26(30)28(36)32(14-6-2)25-19(3)12-11-13-21(25)31/h5-6,11-13,20,22-24,26,34H,1-2,7-10,14-18H2,3-4H3/t20?,22-,23+,24-,26?,30?/m0/s1. The molecule has 1 aromatic rings. The summed E-state index contributed by atoms with van der Waals surface area (Å²) in [5, 5.41) is 9.65. The summed E-state index contributed by atoms with van der Waals surface area (Å²) in [5.74, 6) is -1.88. The predicted molar refractivity (Wildman–Crippen MR) is 156 cm³/mol. The lowest BCUT2D eigenvalue weighted by Gasteiger charge is -2.40. The molecule has 6 atom stereocenters. The lowest BCUT2D eigenvalue weighted by atomic mass is 9.66. The molecule has 0 aromatic heterocycles. The molecule has 1 aromatic carbocycles. The second kappa shape index (κ2) is 12.5. The maximum absolute atomic E-state index is 14.7. The number of hydrogen-bond donors (Lipinski definition) is 1. The monoisotopic (exact) mass is 574 g/mol. The highest BCUT2D eigenvalue weighted by atomic mass is 35.5. The number of amides is 2. The molecule has 3 saturated heterocycles. The van der Waals surface area contributed by atoms with Crippen LogP contribution in [0.25, 0.3) is 0 Å². The molecular formula is C30H39ClN2O5S. The van der Waals surface area contributed by atoms with Crippen molar-refractivity contribution in [2.45, 2.75) is 62.0 Å². The predicted octanol–water partition coefficient (Wildman–Crippen LogP) is 4.79. The number of anilines is 1. The molecule has 7 nitrogen and oxygen atoms in total. The summed E-state index contributed by atoms with van der Waals surface area (Å²) in [6.07, 6.45) is 6.66. The van der Waals surface area contributed by atoms with E-state index in [9.17, 15) is 19.5 Å². The molecule has 2 bridgehead atoms. The highest BCUT2D eigenvalue weighted by molar-refractivity contribution is 8.02. The zero-order chi connectivity index (χ0) is 28.3. The van der Waals surface area contributed by atoms with Gasteiger partial charge in [0.15, 0.2) is 0 Å². The minimum absolute atomic E-state index is 0.0491. The van der Waals surface area contributed by atoms with Gasteiger partial charge in [0.25, 0.3) is 5.91 Å². The number of likely N-dealkylation sites (tertiary alicyclic amines) is 1. The summed E-state index contributed by atoms with van der Waals surface area (Å²) in [4.78, 5) is 45.6. The number of carbonyl (C=O) groups excluding carboxylic acids is 3. The van der Waals surface area contributed by atoms with Crippen LogP contribution in [0.5, 0.6) is 0 Å². The van der Waals surface area contributed by atoms with Crippen LogP contribution in [-0.2, 0) is 19.1 Å². The largest absolute Gasteiger partial charge is 0.465 e. The number of thioether (sulfide) groups is 1. The Labute approximate surface area is 240 Å². The zero-order valence-corrected chi connectivity index (χ0v) is 24.4. The minimum Gasteiger partial charge on any atom is -0.465 e. The smallest absolute Gasteiger partial charge is 0.310 e. The quantitative estimate of drug-likeness (QED) is 0.207. The molecule has 1 N–H and O–H groups in total. The highest BCUT2D eigenvalue weighted by Gasteiger charge is 2.76. The Hall–Kier alpha value is -2.29. The highest BCUT2D eigenvalue weighted by Crippen LogP contribution is 2.69. The third-order valence-electron chi connectivity index (χ3n) is 8.41. The van der Waals surface area contributed by atoms with E-state index in [1.165, 1.54) is 0 Å². The fraction of sp³-hybridized carbons (Fsp3) is 0.567. The Balaban J connectivity index is 1.77. The minimum atomic E-state index is -0.754. The van der Waals surface area contributed by atoms with Crippen molar-refractivity contribution >= 4 is 46.8 Å². The number of benzene rings is 1. The van der Waals surface area contributed by atoms with E-state index in [0.29, 0.717) is 36.5 Å². The van der Waals surface area contributed by atoms with Crippen LogP contribution in [0.1, 0.15) is 44.6 Å². The normalized spacial score (nSPS) is 28.9. The summed E-state index contributed by atoms with van der Waals surface area (Å²) >= 11 is 8.26. The van der Waals surface area contributed by atoms with Gasteiger partial charge in [-0.1, -0.05) is 42.8 Å². The lowest BCUT2D eigenvalue weighted by molar-refractivity contribution is -0.154. The maximum Gasteiger partial charge on any atom is 0.310 e. The van der Waals surface area contributed by atoms with E-state index >= 15 is 0 Å². The number of nitrogens with zero attached hydrogens (tertiary/aromatic N) is 2. The second-order valence-corrected chi connectivity index (χ2v) is 12.7. The molecule has 1 spiro atoms. The number of unbranched alkanes of at least 4 members (excludes halogenated alkanes) is 2. The Morgan fingerprint density at radius 1 is 1.28 bits per heavy atom. The summed E-state index contributed by atoms with van der Waals surface area (Å²) in [5.41, 5.74) is 1.47. The van der Waals surface area contributed by atoms with Gasteiger partial charge < -0.3 is 19.6 Å². The zero-order valence-electron chi connectivity index (χ0n) is 22.8. The molecule has 0 aliphatic carbocycles. The van der Waals surface area contributed by atoms with Gasteiger partial charge in [-0.25, -0.2) is 0 Å². The van der Waals surface area contributed by atoms with Crippen molar-refractivity contribution < 1.29 is 24.2 Å². The van der Waals surface area contributed by atoms with Crippen molar-refractivity contribution in [1.82, 2.24) is 4.90 Å². The summed E-state index contributed by atoms with van der Waals surface area (Å²) in [7, 11) is 0. The average molecular weight is 575 g/mol. The van der Waals surface area contributed by atoms with Gasteiger partial charge in [0.05, 0.1) is 33.9 Å². The molecule has 3 aliphatic rings. The van der Waals surface area contributed by atoms with Crippen molar-refractivity contribution in [2.24, 2.45) is 17.8 Å². The van der Waals surface area contributed by atoms with E-state index in [-0.39, 0.29) is 48.7 Å². The van der Waals surface area contributed by atoms with Crippen LogP contribution in [0.3, 0.4) is 0 Å². The Bertz CT molecular complexity index is 1110. The Morgan fingerprint density at radius 2 is 2.05 bits per heavy atom. The van der Waals surface area contributed by atoms with Gasteiger partial charge in [0, 0.05) is 24.9 Å². The molecule has 4 rings (SSSR count). The van der Waals surface area contributed by atoms with Crippen molar-refractivity contribution in [2.75, 3.05) is 31.2 Å². The lowest BCUT2D eigenvalue weighted by Crippen LogP contribution is -2.57. The van der Waals surface area contributed by atoms with Crippen LogP contribution in [0.15, 0.2) is 43.5 Å². The molecule has 212 valence electrons. The summed E-state index contributed by atoms with van der Waals surface area (Å²) in [6, 6.07) is 4.76. The van der Waals surface area contributed by atoms with Crippen LogP contribution in [0.4, 0.5) is 5.69 Å². The molecule has 0 radical (unpaired) electrons. The summed E-state index contributed by atoms with van der Waals surface area (Å²) in [6.45, 7) is 12.5. The molecular weight excluding hydrogens is 536 g/mol. The topological polar surface area (TPSA) is 87.2 Å². The van der Waals surface area contributed by atoms with Gasteiger partial charge in [-0.05, 0) is 56.6 Å². The number of carbonyl (C=O) groups is 3. The fourth-order valence-corrected chi connectivity index (χ4v) is 9.48. The maximum atomic E-state index is 14.7. The fourth-order valence-electron chi connectivity index (χ4n) is 6.75. The van der Waals surface area contributed by atoms with Crippen molar-refractivity contribution in [3.05, 3.63) is 54.1 Å². The van der Waals surface area contributed by atoms with E-state index in [1.54, 1.807) is 39.8 Å². The number of rotatable bonds is 13. The molecule has 3 aliphatic heterocycles. The van der Waals surface area contributed by atoms with Gasteiger partial charge >= 0.3 is 5.97 Å². The number of halogens is 1. The van der Waals surface area contributed by atoms with E-state index in [1.807, 2.05) is 19.1 Å². The van der Waals surface area contributed by atoms with Crippen molar-refractivity contribution in [1.29, 1.82) is 0 Å². The first kappa shape index (κ1) is 29.7. The second-order valence-electron chi connectivity index (χ2n) is 10.8. The van der Waals surface area contributed by atoms with E-state index < -0.39 is 22.6 Å². The van der Waals surface area contributed by atoms with Gasteiger partial charge in [-0.3, -0.25) is 14.4 Å². The average Bonchev–Trinajstić information content (AvgIpc) is 3.49. The molecule has 2 amide bonds. The number of aliphatic hydroxyl groups excluding tert-OH is 1. The number of para-hydroxylation sites is 1. The molecule has 3 fully saturated rings. The Kier molecular flexibility index (Phi) is 9.50. The van der Waals surface area contributed by atoms with Gasteiger partial charge in [-0.2, -0.15) is 0 Å². The van der Waals surface area contributed by atoms with E-state index in [2.05, 4.69) is 20.1 Å². The van der Waals surface area contributed by atoms with Crippen LogP contribution in [0, 0.1) is 24.7 Å². The first-order valence-corrected chi connectivity index (χ1v) is 15.0. The number of aliphatic hydroxyl groups is 1. The number of aryl methyl sites for hydroxylation is 1. The van der Waals surface area contributed by atoms with Crippen molar-refractivity contribution in [3.8, 4) is 0 Å². The van der Waals surface area contributed by atoms with E-state index in [0.717, 1.165) is 18.4 Å². The molecule has 39 heavy (non-hydrogen) atoms. The third kappa shape index (κ3) is 5.16. The molecule has 0 saturated carbocycles. The first-order chi connectivity index (χ1) is 18.7. The first-order valence-electron chi connectivity index (χ1n) is 13.8. The Morgan fingerprint density at radius 3 is 2.72 bits per heavy atom. The van der Waals surface area contributed by atoms with E-state index in [4.69, 9.17) is 16.3 Å². The number of esters is 1. The molecule has 9 heteroatoms. The van der Waals surface area contributed by atoms with Crippen molar-refractivity contribution in [3.63, 3.8) is 0 Å². The van der Waals surface area contributed by atoms with Crippen LogP contribution < -0.4 is 4.90 Å². The number of hydrogen-bond acceptors (Lipinski definition) is 6. The van der Waals surface area contributed by atoms with Crippen LogP contribution in [0.2, 0.25) is 5.02 Å². The molecule has 3 heterocycles. The number of ether oxygens (including phenoxy) is 1. The third-order valence-corrected chi connectivity index (χ3v) is 10.8. The summed E-state index contributed by atoms with van der Waals surface area (Å²) < 4.78 is 4.85.